The van der Waals surface area contributed by atoms with Crippen molar-refractivity contribution in [2.24, 2.45) is 7.05 Å². The van der Waals surface area contributed by atoms with Gasteiger partial charge in [0.2, 0.25) is 0 Å². The van der Waals surface area contributed by atoms with Gasteiger partial charge in [-0.3, -0.25) is 9.78 Å². The van der Waals surface area contributed by atoms with E-state index in [-0.39, 0.29) is 11.9 Å². The summed E-state index contributed by atoms with van der Waals surface area (Å²) in [5.41, 5.74) is 2.86. The van der Waals surface area contributed by atoms with Crippen LogP contribution in [-0.2, 0) is 7.05 Å². The first-order valence-electron chi connectivity index (χ1n) is 9.03. The zero-order valence-corrected chi connectivity index (χ0v) is 15.2. The molecule has 1 atom stereocenters. The molecule has 134 valence electrons. The summed E-state index contributed by atoms with van der Waals surface area (Å²) in [6, 6.07) is 12.0. The van der Waals surface area contributed by atoms with Crippen molar-refractivity contribution in [3.05, 3.63) is 60.0 Å². The predicted octanol–water partition coefficient (Wildman–Crippen LogP) is 3.95. The van der Waals surface area contributed by atoms with E-state index in [0.29, 0.717) is 5.69 Å². The van der Waals surface area contributed by atoms with Crippen molar-refractivity contribution in [2.45, 2.75) is 25.3 Å². The summed E-state index contributed by atoms with van der Waals surface area (Å²) in [6.07, 6.45) is 6.81. The fourth-order valence-corrected chi connectivity index (χ4v) is 3.90. The lowest BCUT2D eigenvalue weighted by Crippen LogP contribution is -2.39. The van der Waals surface area contributed by atoms with Crippen LogP contribution in [0.2, 0.25) is 0 Å². The fraction of sp³-hybridized carbons (Fsp3) is 0.333. The summed E-state index contributed by atoms with van der Waals surface area (Å²) in [5.74, 6) is 0.879. The molecule has 0 radical (unpaired) electrons. The number of pyridine rings is 1. The molecule has 3 aromatic rings. The molecule has 1 aliphatic heterocycles. The topological polar surface area (TPSA) is 47.4 Å². The van der Waals surface area contributed by atoms with E-state index in [2.05, 4.69) is 11.1 Å². The number of methoxy groups -OCH3 is 1. The maximum Gasteiger partial charge on any atom is 0.271 e. The molecule has 0 bridgehead atoms. The predicted molar refractivity (Wildman–Crippen MR) is 101 cm³/mol. The standard InChI is InChI=1S/C21H23N3O2/c1-23-18-9-8-17(26-2)12-16(18)13-20(23)21(25)24-11-4-3-7-19(24)15-6-5-10-22-14-15/h5-6,8-10,12-14,19H,3-4,7,11H2,1-2H3/t19-/m1/s1. The summed E-state index contributed by atoms with van der Waals surface area (Å²) >= 11 is 0. The maximum absolute atomic E-state index is 13.4. The third-order valence-corrected chi connectivity index (χ3v) is 5.30. The minimum Gasteiger partial charge on any atom is -0.497 e. The molecular formula is C21H23N3O2. The van der Waals surface area contributed by atoms with Gasteiger partial charge in [-0.1, -0.05) is 6.07 Å². The van der Waals surface area contributed by atoms with Crippen molar-refractivity contribution in [2.75, 3.05) is 13.7 Å². The number of piperidine rings is 1. The molecule has 0 saturated carbocycles. The lowest BCUT2D eigenvalue weighted by molar-refractivity contribution is 0.0602. The molecule has 0 spiro atoms. The highest BCUT2D eigenvalue weighted by Gasteiger charge is 2.30. The van der Waals surface area contributed by atoms with Gasteiger partial charge in [-0.05, 0) is 55.2 Å². The Bertz CT molecular complexity index is 933. The van der Waals surface area contributed by atoms with Crippen molar-refractivity contribution in [3.8, 4) is 5.75 Å². The molecule has 5 heteroatoms. The third kappa shape index (κ3) is 2.83. The van der Waals surface area contributed by atoms with Gasteiger partial charge in [0.05, 0.1) is 13.2 Å². The van der Waals surface area contributed by atoms with Gasteiger partial charge in [-0.25, -0.2) is 0 Å². The van der Waals surface area contributed by atoms with Crippen LogP contribution in [0.5, 0.6) is 5.75 Å². The number of rotatable bonds is 3. The van der Waals surface area contributed by atoms with Crippen molar-refractivity contribution >= 4 is 16.8 Å². The average Bonchev–Trinajstić information content (AvgIpc) is 3.04. The molecular weight excluding hydrogens is 326 g/mol. The third-order valence-electron chi connectivity index (χ3n) is 5.30. The average molecular weight is 349 g/mol. The van der Waals surface area contributed by atoms with Crippen molar-refractivity contribution in [1.29, 1.82) is 0 Å². The van der Waals surface area contributed by atoms with Crippen molar-refractivity contribution in [1.82, 2.24) is 14.5 Å². The molecule has 1 aliphatic rings. The van der Waals surface area contributed by atoms with E-state index < -0.39 is 0 Å². The molecule has 1 fully saturated rings. The molecule has 26 heavy (non-hydrogen) atoms. The Morgan fingerprint density at radius 1 is 1.23 bits per heavy atom. The van der Waals surface area contributed by atoms with Crippen LogP contribution in [0.1, 0.15) is 41.4 Å². The van der Waals surface area contributed by atoms with E-state index in [4.69, 9.17) is 4.74 Å². The van der Waals surface area contributed by atoms with E-state index in [1.807, 2.05) is 53.0 Å². The van der Waals surface area contributed by atoms with E-state index in [1.54, 1.807) is 13.3 Å². The number of hydrogen-bond donors (Lipinski definition) is 0. The Morgan fingerprint density at radius 2 is 2.12 bits per heavy atom. The highest BCUT2D eigenvalue weighted by Crippen LogP contribution is 2.33. The van der Waals surface area contributed by atoms with Crippen LogP contribution >= 0.6 is 0 Å². The summed E-state index contributed by atoms with van der Waals surface area (Å²) in [4.78, 5) is 19.6. The minimum absolute atomic E-state index is 0.0798. The number of likely N-dealkylation sites (tertiary alicyclic amines) is 1. The van der Waals surface area contributed by atoms with E-state index in [1.165, 1.54) is 0 Å². The lowest BCUT2D eigenvalue weighted by atomic mass is 9.96. The maximum atomic E-state index is 13.4. The monoisotopic (exact) mass is 349 g/mol. The Morgan fingerprint density at radius 3 is 2.88 bits per heavy atom. The minimum atomic E-state index is 0.0798. The van der Waals surface area contributed by atoms with Gasteiger partial charge < -0.3 is 14.2 Å². The zero-order chi connectivity index (χ0) is 18.1. The van der Waals surface area contributed by atoms with E-state index in [9.17, 15) is 4.79 Å². The second-order valence-corrected chi connectivity index (χ2v) is 6.81. The summed E-state index contributed by atoms with van der Waals surface area (Å²) in [6.45, 7) is 0.781. The number of carbonyl (C=O) groups is 1. The molecule has 0 unspecified atom stereocenters. The number of carbonyl (C=O) groups excluding carboxylic acids is 1. The molecule has 1 aromatic carbocycles. The largest absolute Gasteiger partial charge is 0.497 e. The van der Waals surface area contributed by atoms with E-state index >= 15 is 0 Å². The number of ether oxygens (including phenoxy) is 1. The second kappa shape index (κ2) is 6.83. The van der Waals surface area contributed by atoms with Gasteiger partial charge in [0.25, 0.3) is 5.91 Å². The smallest absolute Gasteiger partial charge is 0.271 e. The number of amides is 1. The zero-order valence-electron chi connectivity index (χ0n) is 15.2. The van der Waals surface area contributed by atoms with Crippen LogP contribution in [0.3, 0.4) is 0 Å². The SMILES string of the molecule is COc1ccc2c(c1)cc(C(=O)N1CCCC[C@@H]1c1cccnc1)n2C. The molecule has 1 amide bonds. The quantitative estimate of drug-likeness (QED) is 0.719. The van der Waals surface area contributed by atoms with Gasteiger partial charge in [-0.15, -0.1) is 0 Å². The number of aromatic nitrogens is 2. The van der Waals surface area contributed by atoms with Gasteiger partial charge in [0.1, 0.15) is 11.4 Å². The highest BCUT2D eigenvalue weighted by molar-refractivity contribution is 5.99. The van der Waals surface area contributed by atoms with Gasteiger partial charge in [0, 0.05) is 36.9 Å². The van der Waals surface area contributed by atoms with Gasteiger partial charge >= 0.3 is 0 Å². The van der Waals surface area contributed by atoms with Gasteiger partial charge in [0.15, 0.2) is 0 Å². The van der Waals surface area contributed by atoms with Gasteiger partial charge in [-0.2, -0.15) is 0 Å². The van der Waals surface area contributed by atoms with Crippen LogP contribution in [0.15, 0.2) is 48.8 Å². The first-order chi connectivity index (χ1) is 12.7. The van der Waals surface area contributed by atoms with E-state index in [0.717, 1.165) is 48.0 Å². The van der Waals surface area contributed by atoms with Crippen molar-refractivity contribution < 1.29 is 9.53 Å². The van der Waals surface area contributed by atoms with Crippen molar-refractivity contribution in [3.63, 3.8) is 0 Å². The number of fused-ring (bicyclic) bond motifs is 1. The Kier molecular flexibility index (Phi) is 4.37. The van der Waals surface area contributed by atoms with Crippen LogP contribution in [-0.4, -0.2) is 34.0 Å². The molecule has 0 aliphatic carbocycles. The summed E-state index contributed by atoms with van der Waals surface area (Å²) in [5, 5.41) is 1.02. The molecule has 2 aromatic heterocycles. The highest BCUT2D eigenvalue weighted by atomic mass is 16.5. The molecule has 5 nitrogen and oxygen atoms in total. The van der Waals surface area contributed by atoms with Crippen LogP contribution in [0, 0.1) is 0 Å². The number of benzene rings is 1. The van der Waals surface area contributed by atoms with Crippen LogP contribution < -0.4 is 4.74 Å². The van der Waals surface area contributed by atoms with Crippen LogP contribution in [0.25, 0.3) is 10.9 Å². The second-order valence-electron chi connectivity index (χ2n) is 6.81. The fourth-order valence-electron chi connectivity index (χ4n) is 3.90. The summed E-state index contributed by atoms with van der Waals surface area (Å²) < 4.78 is 7.29. The Hall–Kier alpha value is -2.82. The Balaban J connectivity index is 1.71. The Labute approximate surface area is 153 Å². The first kappa shape index (κ1) is 16.6. The number of aryl methyl sites for hydroxylation is 1. The lowest BCUT2D eigenvalue weighted by Gasteiger charge is -2.36. The molecule has 4 rings (SSSR count). The van der Waals surface area contributed by atoms with Crippen LogP contribution in [0.4, 0.5) is 0 Å². The normalized spacial score (nSPS) is 17.5. The first-order valence-corrected chi connectivity index (χ1v) is 9.03. The molecule has 1 saturated heterocycles. The molecule has 0 N–H and O–H groups in total. The summed E-state index contributed by atoms with van der Waals surface area (Å²) in [7, 11) is 3.60. The number of nitrogens with zero attached hydrogens (tertiary/aromatic N) is 3. The number of hydrogen-bond acceptors (Lipinski definition) is 3. The molecule has 3 heterocycles.